The Balaban J connectivity index is 1.98. The van der Waals surface area contributed by atoms with Gasteiger partial charge in [-0.1, -0.05) is 13.8 Å². The fraction of sp³-hybridized carbons (Fsp3) is 0.538. The number of carbonyl (C=O) groups excluding carboxylic acids is 1. The summed E-state index contributed by atoms with van der Waals surface area (Å²) < 4.78 is 0. The molecule has 1 unspecified atom stereocenters. The summed E-state index contributed by atoms with van der Waals surface area (Å²) >= 11 is 0. The van der Waals surface area contributed by atoms with Gasteiger partial charge in [-0.15, -0.1) is 0 Å². The zero-order valence-corrected chi connectivity index (χ0v) is 10.2. The summed E-state index contributed by atoms with van der Waals surface area (Å²) in [5.41, 5.74) is 0.726. The highest BCUT2D eigenvalue weighted by molar-refractivity contribution is 5.94. The molecule has 0 aliphatic heterocycles. The number of hydrogen-bond acceptors (Lipinski definition) is 3. The molecule has 0 saturated heterocycles. The molecular formula is C13H18N2O2. The molecule has 1 aromatic rings. The molecule has 1 fully saturated rings. The fourth-order valence-electron chi connectivity index (χ4n) is 2.38. The molecule has 1 atom stereocenters. The van der Waals surface area contributed by atoms with Crippen molar-refractivity contribution in [3.63, 3.8) is 0 Å². The van der Waals surface area contributed by atoms with Crippen LogP contribution in [0.25, 0.3) is 0 Å². The maximum absolute atomic E-state index is 11.9. The lowest BCUT2D eigenvalue weighted by Gasteiger charge is -2.17. The van der Waals surface area contributed by atoms with E-state index in [9.17, 15) is 9.90 Å². The van der Waals surface area contributed by atoms with Gasteiger partial charge in [-0.05, 0) is 30.7 Å². The van der Waals surface area contributed by atoms with E-state index >= 15 is 0 Å². The first-order valence-electron chi connectivity index (χ1n) is 5.91. The molecule has 0 spiro atoms. The molecule has 17 heavy (non-hydrogen) atoms. The Bertz CT molecular complexity index is 429. The third-order valence-electron chi connectivity index (χ3n) is 3.29. The molecule has 0 aromatic carbocycles. The summed E-state index contributed by atoms with van der Waals surface area (Å²) in [5.74, 6) is -0.138. The summed E-state index contributed by atoms with van der Waals surface area (Å²) in [6.45, 7) is 4.43. The number of nitrogens with zero attached hydrogens (tertiary/aromatic N) is 1. The molecule has 1 aromatic heterocycles. The zero-order valence-electron chi connectivity index (χ0n) is 10.2. The van der Waals surface area contributed by atoms with Crippen molar-refractivity contribution in [1.82, 2.24) is 10.3 Å². The lowest BCUT2D eigenvalue weighted by molar-refractivity contribution is 0.0935. The van der Waals surface area contributed by atoms with Crippen LogP contribution in [0.4, 0.5) is 0 Å². The second kappa shape index (κ2) is 4.35. The first kappa shape index (κ1) is 11.9. The summed E-state index contributed by atoms with van der Waals surface area (Å²) in [6, 6.07) is 1.67. The molecule has 2 N–H and O–H groups in total. The highest BCUT2D eigenvalue weighted by Gasteiger charge is 2.31. The highest BCUT2D eigenvalue weighted by atomic mass is 16.3. The maximum Gasteiger partial charge on any atom is 0.253 e. The third kappa shape index (κ3) is 2.96. The molecule has 2 rings (SSSR count). The predicted octanol–water partition coefficient (Wildman–Crippen LogP) is 2.10. The van der Waals surface area contributed by atoms with Crippen LogP contribution in [0, 0.1) is 5.41 Å². The van der Waals surface area contributed by atoms with E-state index in [4.69, 9.17) is 0 Å². The van der Waals surface area contributed by atoms with Crippen LogP contribution in [0.2, 0.25) is 0 Å². The van der Waals surface area contributed by atoms with E-state index in [1.165, 1.54) is 18.5 Å². The second-order valence-electron chi connectivity index (χ2n) is 5.51. The molecule has 1 amide bonds. The smallest absolute Gasteiger partial charge is 0.253 e. The second-order valence-corrected chi connectivity index (χ2v) is 5.51. The molecule has 1 saturated carbocycles. The number of hydrogen-bond donors (Lipinski definition) is 2. The predicted molar refractivity (Wildman–Crippen MR) is 64.8 cm³/mol. The number of pyridine rings is 1. The summed E-state index contributed by atoms with van der Waals surface area (Å²) in [5, 5.41) is 12.3. The van der Waals surface area contributed by atoms with Gasteiger partial charge in [-0.25, -0.2) is 0 Å². The topological polar surface area (TPSA) is 62.2 Å². The van der Waals surface area contributed by atoms with Crippen LogP contribution in [0.5, 0.6) is 5.75 Å². The Morgan fingerprint density at radius 3 is 2.88 bits per heavy atom. The summed E-state index contributed by atoms with van der Waals surface area (Å²) in [6.07, 6.45) is 5.94. The molecule has 1 aliphatic rings. The van der Waals surface area contributed by atoms with Gasteiger partial charge < -0.3 is 10.4 Å². The van der Waals surface area contributed by atoms with Gasteiger partial charge in [0.25, 0.3) is 5.91 Å². The van der Waals surface area contributed by atoms with Crippen LogP contribution in [-0.2, 0) is 0 Å². The van der Waals surface area contributed by atoms with Crippen molar-refractivity contribution < 1.29 is 9.90 Å². The molecule has 0 bridgehead atoms. The average molecular weight is 234 g/mol. The van der Waals surface area contributed by atoms with Gasteiger partial charge in [0.15, 0.2) is 0 Å². The molecule has 1 aliphatic carbocycles. The van der Waals surface area contributed by atoms with Crippen LogP contribution in [0.15, 0.2) is 18.5 Å². The monoisotopic (exact) mass is 234 g/mol. The van der Waals surface area contributed by atoms with Crippen LogP contribution in [0.1, 0.15) is 43.5 Å². The maximum atomic E-state index is 11.9. The van der Waals surface area contributed by atoms with E-state index in [1.54, 1.807) is 0 Å². The van der Waals surface area contributed by atoms with E-state index in [2.05, 4.69) is 24.1 Å². The molecule has 4 nitrogen and oxygen atoms in total. The Hall–Kier alpha value is -1.58. The summed E-state index contributed by atoms with van der Waals surface area (Å²) in [7, 11) is 0. The van der Waals surface area contributed by atoms with Gasteiger partial charge in [0.1, 0.15) is 5.75 Å². The van der Waals surface area contributed by atoms with Gasteiger partial charge in [0.2, 0.25) is 0 Å². The lowest BCUT2D eigenvalue weighted by Crippen LogP contribution is -2.33. The van der Waals surface area contributed by atoms with Crippen molar-refractivity contribution in [2.24, 2.45) is 5.41 Å². The van der Waals surface area contributed by atoms with E-state index < -0.39 is 0 Å². The van der Waals surface area contributed by atoms with Gasteiger partial charge in [0, 0.05) is 12.2 Å². The Kier molecular flexibility index (Phi) is 3.05. The fourth-order valence-corrected chi connectivity index (χ4v) is 2.38. The standard InChI is InChI=1S/C13H18N2O2/c1-13(2)4-3-10(6-13)15-12(17)9-5-11(16)8-14-7-9/h5,7-8,10,16H,3-4,6H2,1-2H3,(H,15,17). The van der Waals surface area contributed by atoms with Crippen LogP contribution >= 0.6 is 0 Å². The minimum atomic E-state index is -0.156. The molecule has 1 heterocycles. The first-order valence-corrected chi connectivity index (χ1v) is 5.91. The number of aromatic hydroxyl groups is 1. The number of aromatic nitrogens is 1. The van der Waals surface area contributed by atoms with Crippen LogP contribution in [-0.4, -0.2) is 22.0 Å². The molecule has 0 radical (unpaired) electrons. The number of nitrogens with one attached hydrogen (secondary N) is 1. The van der Waals surface area contributed by atoms with E-state index in [-0.39, 0.29) is 17.7 Å². The SMILES string of the molecule is CC1(C)CCC(NC(=O)c2cncc(O)c2)C1. The van der Waals surface area contributed by atoms with Gasteiger partial charge in [-0.2, -0.15) is 0 Å². The van der Waals surface area contributed by atoms with Crippen molar-refractivity contribution in [2.75, 3.05) is 0 Å². The summed E-state index contributed by atoms with van der Waals surface area (Å²) in [4.78, 5) is 15.7. The number of amides is 1. The molecule has 4 heteroatoms. The quantitative estimate of drug-likeness (QED) is 0.823. The van der Waals surface area contributed by atoms with E-state index in [0.29, 0.717) is 11.0 Å². The van der Waals surface area contributed by atoms with E-state index in [1.807, 2.05) is 0 Å². The highest BCUT2D eigenvalue weighted by Crippen LogP contribution is 2.36. The van der Waals surface area contributed by atoms with Gasteiger partial charge in [-0.3, -0.25) is 9.78 Å². The van der Waals surface area contributed by atoms with Crippen molar-refractivity contribution in [1.29, 1.82) is 0 Å². The zero-order chi connectivity index (χ0) is 12.5. The van der Waals surface area contributed by atoms with Crippen molar-refractivity contribution in [3.05, 3.63) is 24.0 Å². The Morgan fingerprint density at radius 2 is 2.29 bits per heavy atom. The van der Waals surface area contributed by atoms with Crippen molar-refractivity contribution >= 4 is 5.91 Å². The lowest BCUT2D eigenvalue weighted by atomic mass is 9.92. The normalized spacial score (nSPS) is 22.4. The Labute approximate surface area is 101 Å². The minimum absolute atomic E-state index is 0.0180. The Morgan fingerprint density at radius 1 is 1.53 bits per heavy atom. The number of rotatable bonds is 2. The molecular weight excluding hydrogens is 216 g/mol. The van der Waals surface area contributed by atoms with Gasteiger partial charge in [0.05, 0.1) is 11.8 Å². The van der Waals surface area contributed by atoms with Crippen molar-refractivity contribution in [3.8, 4) is 5.75 Å². The first-order chi connectivity index (χ1) is 7.96. The van der Waals surface area contributed by atoms with Gasteiger partial charge >= 0.3 is 0 Å². The molecule has 92 valence electrons. The minimum Gasteiger partial charge on any atom is -0.506 e. The average Bonchev–Trinajstić information content (AvgIpc) is 2.58. The van der Waals surface area contributed by atoms with Crippen LogP contribution in [0.3, 0.4) is 0 Å². The number of carbonyl (C=O) groups is 1. The largest absolute Gasteiger partial charge is 0.506 e. The van der Waals surface area contributed by atoms with Crippen molar-refractivity contribution in [2.45, 2.75) is 39.2 Å². The third-order valence-corrected chi connectivity index (χ3v) is 3.29. The van der Waals surface area contributed by atoms with Crippen LogP contribution < -0.4 is 5.32 Å². The van der Waals surface area contributed by atoms with E-state index in [0.717, 1.165) is 19.3 Å².